The number of nitrogens with one attached hydrogen (secondary N) is 1. The fraction of sp³-hybridized carbons (Fsp3) is 0.200. The van der Waals surface area contributed by atoms with Gasteiger partial charge in [0.15, 0.2) is 16.2 Å². The number of nitrogens with two attached hydrogens (primary N) is 1. The molecule has 3 rings (SSSR count). The average Bonchev–Trinajstić information content (AvgIpc) is 3.02. The first-order valence-corrected chi connectivity index (χ1v) is 9.82. The molecule has 6 nitrogen and oxygen atoms in total. The highest BCUT2D eigenvalue weighted by atomic mass is 32.2. The van der Waals surface area contributed by atoms with Gasteiger partial charge >= 0.3 is 5.51 Å². The van der Waals surface area contributed by atoms with E-state index in [4.69, 9.17) is 14.9 Å². The molecule has 0 fully saturated rings. The van der Waals surface area contributed by atoms with Crippen molar-refractivity contribution in [1.82, 2.24) is 9.97 Å². The Balaban J connectivity index is 2.10. The number of hydrogen-bond donors (Lipinski definition) is 2. The summed E-state index contributed by atoms with van der Waals surface area (Å²) in [5, 5.41) is 0. The van der Waals surface area contributed by atoms with Gasteiger partial charge in [-0.1, -0.05) is 0 Å². The second kappa shape index (κ2) is 6.89. The third kappa shape index (κ3) is 3.55. The second-order valence-corrected chi connectivity index (χ2v) is 8.40. The van der Waals surface area contributed by atoms with Crippen molar-refractivity contribution in [2.45, 2.75) is 22.2 Å². The van der Waals surface area contributed by atoms with E-state index in [0.717, 1.165) is 0 Å². The maximum atomic E-state index is 12.7. The van der Waals surface area contributed by atoms with Gasteiger partial charge in [-0.3, -0.25) is 4.78 Å². The number of nitrogens with zero attached hydrogens (tertiary/aromatic N) is 2. The maximum Gasteiger partial charge on any atom is 0.456 e. The van der Waals surface area contributed by atoms with Crippen molar-refractivity contribution in [2.75, 3.05) is 11.5 Å². The monoisotopic (exact) mass is 402 g/mol. The minimum absolute atomic E-state index is 0.0332. The topological polar surface area (TPSA) is 112 Å². The predicted octanol–water partition coefficient (Wildman–Crippen LogP) is 3.86. The number of anilines is 1. The van der Waals surface area contributed by atoms with Crippen molar-refractivity contribution in [3.63, 3.8) is 0 Å². The molecule has 2 aromatic heterocycles. The fourth-order valence-corrected chi connectivity index (χ4v) is 3.85. The largest absolute Gasteiger partial charge is 0.611 e. The van der Waals surface area contributed by atoms with Crippen LogP contribution < -0.4 is 5.73 Å². The molecule has 2 heterocycles. The van der Waals surface area contributed by atoms with E-state index in [2.05, 4.69) is 9.97 Å². The first kappa shape index (κ1) is 18.7. The number of rotatable bonds is 4. The molecule has 0 spiro atoms. The molecule has 3 N–H and O–H groups in total. The van der Waals surface area contributed by atoms with Crippen LogP contribution in [-0.2, 0) is 21.9 Å². The molecule has 0 aliphatic carbocycles. The van der Waals surface area contributed by atoms with E-state index in [1.807, 2.05) is 0 Å². The Bertz CT molecular complexity index is 991. The molecule has 0 amide bonds. The Labute approximate surface area is 151 Å². The van der Waals surface area contributed by atoms with Gasteiger partial charge in [0.05, 0.1) is 11.9 Å². The molecule has 26 heavy (non-hydrogen) atoms. The lowest BCUT2D eigenvalue weighted by Gasteiger charge is -2.10. The number of hydrogen-bond acceptors (Lipinski definition) is 6. The van der Waals surface area contributed by atoms with Crippen molar-refractivity contribution in [1.29, 1.82) is 4.78 Å². The van der Waals surface area contributed by atoms with Crippen LogP contribution in [0.4, 0.5) is 18.9 Å². The molecule has 0 bridgehead atoms. The van der Waals surface area contributed by atoms with Gasteiger partial charge in [0, 0.05) is 21.7 Å². The number of aromatic nitrogens is 2. The summed E-state index contributed by atoms with van der Waals surface area (Å²) in [5.41, 5.74) is 2.00. The average molecular weight is 402 g/mol. The number of alkyl halides is 3. The van der Waals surface area contributed by atoms with Crippen molar-refractivity contribution in [3.05, 3.63) is 30.5 Å². The molecule has 3 aromatic rings. The molecule has 138 valence electrons. The maximum absolute atomic E-state index is 12.7. The number of nitrogen functional groups attached to an aromatic ring is 1. The van der Waals surface area contributed by atoms with Crippen LogP contribution in [0.1, 0.15) is 6.92 Å². The fourth-order valence-electron chi connectivity index (χ4n) is 2.22. The third-order valence-electron chi connectivity index (χ3n) is 3.41. The standard InChI is InChI=1S/C15H13F3N4O2S2/c1-2-25(23)12-5-8(19)7-21-13(12)14-22-10-6-9(3-4-11(10)24-14)26(20)15(16,17)18/h3-7,20H,2,19H2,1H3. The number of benzene rings is 1. The van der Waals surface area contributed by atoms with Crippen LogP contribution in [0, 0.1) is 4.78 Å². The molecule has 2 atom stereocenters. The molecule has 11 heteroatoms. The highest BCUT2D eigenvalue weighted by molar-refractivity contribution is 7.91. The summed E-state index contributed by atoms with van der Waals surface area (Å²) >= 11 is -1.38. The summed E-state index contributed by atoms with van der Waals surface area (Å²) in [7, 11) is -2.67. The van der Waals surface area contributed by atoms with E-state index >= 15 is 0 Å². The van der Waals surface area contributed by atoms with Gasteiger partial charge in [-0.15, -0.1) is 0 Å². The van der Waals surface area contributed by atoms with Gasteiger partial charge in [-0.25, -0.2) is 9.97 Å². The molecule has 0 aliphatic rings. The molecular formula is C15H13F3N4O2S2. The molecule has 1 aromatic carbocycles. The summed E-state index contributed by atoms with van der Waals surface area (Å²) in [5.74, 6) is 0.362. The molecule has 2 unspecified atom stereocenters. The van der Waals surface area contributed by atoms with E-state index in [1.165, 1.54) is 30.5 Å². The minimum Gasteiger partial charge on any atom is -0.611 e. The smallest absolute Gasteiger partial charge is 0.456 e. The molecule has 0 radical (unpaired) electrons. The van der Waals surface area contributed by atoms with E-state index in [1.54, 1.807) is 6.92 Å². The highest BCUT2D eigenvalue weighted by Crippen LogP contribution is 2.32. The number of fused-ring (bicyclic) bond motifs is 1. The Hall–Kier alpha value is -2.11. The highest BCUT2D eigenvalue weighted by Gasteiger charge is 2.34. The van der Waals surface area contributed by atoms with Crippen molar-refractivity contribution in [3.8, 4) is 11.6 Å². The SMILES string of the molecule is CC[S+]([O-])c1cc(N)cnc1-c1nc2cc(S(=N)C(F)(F)F)ccc2o1. The molecule has 0 aliphatic heterocycles. The van der Waals surface area contributed by atoms with Gasteiger partial charge in [0.1, 0.15) is 11.3 Å². The summed E-state index contributed by atoms with van der Waals surface area (Å²) in [6.45, 7) is 1.73. The normalized spacial score (nSPS) is 14.5. The lowest BCUT2D eigenvalue weighted by molar-refractivity contribution is -0.0360. The third-order valence-corrected chi connectivity index (χ3v) is 5.92. The van der Waals surface area contributed by atoms with Gasteiger partial charge in [0.2, 0.25) is 0 Å². The van der Waals surface area contributed by atoms with Gasteiger partial charge in [0.25, 0.3) is 5.89 Å². The van der Waals surface area contributed by atoms with E-state index < -0.39 is 27.4 Å². The Morgan fingerprint density at radius 1 is 1.35 bits per heavy atom. The van der Waals surface area contributed by atoms with Crippen LogP contribution in [0.15, 0.2) is 44.7 Å². The first-order valence-electron chi connectivity index (χ1n) is 7.28. The summed E-state index contributed by atoms with van der Waals surface area (Å²) < 4.78 is 63.4. The van der Waals surface area contributed by atoms with E-state index in [-0.39, 0.29) is 27.6 Å². The number of pyridine rings is 1. The van der Waals surface area contributed by atoms with E-state index in [9.17, 15) is 17.7 Å². The molecule has 0 saturated heterocycles. The van der Waals surface area contributed by atoms with E-state index in [0.29, 0.717) is 16.3 Å². The lowest BCUT2D eigenvalue weighted by atomic mass is 10.3. The zero-order valence-electron chi connectivity index (χ0n) is 13.3. The van der Waals surface area contributed by atoms with Gasteiger partial charge in [-0.2, -0.15) is 13.2 Å². The zero-order chi connectivity index (χ0) is 19.1. The number of oxazole rings is 1. The summed E-state index contributed by atoms with van der Waals surface area (Å²) in [4.78, 5) is 8.41. The van der Waals surface area contributed by atoms with Crippen LogP contribution in [0.2, 0.25) is 0 Å². The van der Waals surface area contributed by atoms with Gasteiger partial charge < -0.3 is 14.7 Å². The van der Waals surface area contributed by atoms with Crippen LogP contribution in [0.5, 0.6) is 0 Å². The summed E-state index contributed by atoms with van der Waals surface area (Å²) in [6.07, 6.45) is 1.36. The van der Waals surface area contributed by atoms with Crippen LogP contribution in [-0.4, -0.2) is 25.8 Å². The summed E-state index contributed by atoms with van der Waals surface area (Å²) in [6, 6.07) is 5.18. The van der Waals surface area contributed by atoms with Crippen LogP contribution in [0.3, 0.4) is 0 Å². The van der Waals surface area contributed by atoms with Crippen LogP contribution >= 0.6 is 0 Å². The Kier molecular flexibility index (Phi) is 4.95. The Morgan fingerprint density at radius 3 is 2.73 bits per heavy atom. The zero-order valence-corrected chi connectivity index (χ0v) is 15.0. The predicted molar refractivity (Wildman–Crippen MR) is 93.0 cm³/mol. The number of halogens is 3. The molecule has 0 saturated carbocycles. The van der Waals surface area contributed by atoms with Crippen molar-refractivity contribution >= 4 is 38.7 Å². The van der Waals surface area contributed by atoms with Crippen molar-refractivity contribution in [2.24, 2.45) is 0 Å². The first-order chi connectivity index (χ1) is 12.2. The quantitative estimate of drug-likeness (QED) is 0.644. The van der Waals surface area contributed by atoms with Gasteiger partial charge in [-0.05, 0) is 36.3 Å². The molecular weight excluding hydrogens is 389 g/mol. The Morgan fingerprint density at radius 2 is 2.08 bits per heavy atom. The lowest BCUT2D eigenvalue weighted by Crippen LogP contribution is -2.14. The van der Waals surface area contributed by atoms with Crippen LogP contribution in [0.25, 0.3) is 22.7 Å². The van der Waals surface area contributed by atoms with Crippen molar-refractivity contribution < 1.29 is 22.1 Å². The second-order valence-electron chi connectivity index (χ2n) is 5.15. The minimum atomic E-state index is -4.65.